The highest BCUT2D eigenvalue weighted by Crippen LogP contribution is 2.70. The first-order valence-corrected chi connectivity index (χ1v) is 9.03. The fraction of sp³-hybridized carbons (Fsp3) is 1.00. The summed E-state index contributed by atoms with van der Waals surface area (Å²) in [4.78, 5) is 0. The quantitative estimate of drug-likeness (QED) is 0.745. The summed E-state index contributed by atoms with van der Waals surface area (Å²) >= 11 is 0. The maximum absolute atomic E-state index is 3.96. The number of hydrogen-bond donors (Lipinski definition) is 1. The Kier molecular flexibility index (Phi) is 3.52. The van der Waals surface area contributed by atoms with Crippen molar-refractivity contribution in [3.05, 3.63) is 0 Å². The predicted molar refractivity (Wildman–Crippen MR) is 86.8 cm³/mol. The molecule has 0 amide bonds. The molecule has 0 aromatic carbocycles. The molecular weight excluding hydrogens is 242 g/mol. The van der Waals surface area contributed by atoms with Gasteiger partial charge in [0.2, 0.25) is 0 Å². The molecule has 4 aliphatic rings. The summed E-state index contributed by atoms with van der Waals surface area (Å²) in [5.41, 5.74) is 1.90. The molecule has 4 rings (SSSR count). The lowest BCUT2D eigenvalue weighted by molar-refractivity contribution is -0.162. The molecule has 4 fully saturated rings. The molecule has 4 aliphatic carbocycles. The minimum Gasteiger partial charge on any atom is -0.313 e. The Morgan fingerprint density at radius 3 is 2.05 bits per heavy atom. The van der Waals surface area contributed by atoms with Crippen LogP contribution in [0.25, 0.3) is 0 Å². The summed E-state index contributed by atoms with van der Waals surface area (Å²) in [6.07, 6.45) is 10.3. The summed E-state index contributed by atoms with van der Waals surface area (Å²) < 4.78 is 0. The molecule has 0 heterocycles. The van der Waals surface area contributed by atoms with E-state index < -0.39 is 0 Å². The van der Waals surface area contributed by atoms with Gasteiger partial charge in [-0.3, -0.25) is 0 Å². The molecule has 0 aromatic rings. The van der Waals surface area contributed by atoms with Gasteiger partial charge in [-0.2, -0.15) is 0 Å². The average Bonchev–Trinajstić information content (AvgIpc) is 2.23. The van der Waals surface area contributed by atoms with Crippen molar-refractivity contribution >= 4 is 0 Å². The second-order valence-electron chi connectivity index (χ2n) is 9.67. The Morgan fingerprint density at radius 1 is 1.00 bits per heavy atom. The highest BCUT2D eigenvalue weighted by molar-refractivity contribution is 5.13. The van der Waals surface area contributed by atoms with Gasteiger partial charge >= 0.3 is 0 Å². The topological polar surface area (TPSA) is 12.0 Å². The second-order valence-corrected chi connectivity index (χ2v) is 9.67. The zero-order valence-corrected chi connectivity index (χ0v) is 14.4. The lowest BCUT2D eigenvalue weighted by atomic mass is 9.38. The summed E-state index contributed by atoms with van der Waals surface area (Å²) in [7, 11) is 0. The van der Waals surface area contributed by atoms with Crippen LogP contribution in [0, 0.1) is 28.1 Å². The first-order chi connectivity index (χ1) is 9.30. The molecule has 1 nitrogen and oxygen atoms in total. The maximum atomic E-state index is 3.96. The van der Waals surface area contributed by atoms with E-state index >= 15 is 0 Å². The molecule has 4 bridgehead atoms. The van der Waals surface area contributed by atoms with Crippen LogP contribution >= 0.6 is 0 Å². The van der Waals surface area contributed by atoms with Gasteiger partial charge in [-0.15, -0.1) is 0 Å². The van der Waals surface area contributed by atoms with Crippen molar-refractivity contribution in [2.75, 3.05) is 6.54 Å². The molecule has 1 heteroatoms. The maximum Gasteiger partial charge on any atom is 0.0147 e. The number of hydrogen-bond acceptors (Lipinski definition) is 1. The zero-order chi connectivity index (χ0) is 14.6. The lowest BCUT2D eigenvalue weighted by Crippen LogP contribution is -2.62. The van der Waals surface area contributed by atoms with E-state index in [0.29, 0.717) is 16.2 Å². The van der Waals surface area contributed by atoms with Crippen LogP contribution in [-0.2, 0) is 0 Å². The number of nitrogens with one attached hydrogen (secondary N) is 1. The van der Waals surface area contributed by atoms with Crippen molar-refractivity contribution in [2.45, 2.75) is 85.6 Å². The summed E-state index contributed by atoms with van der Waals surface area (Å²) in [5.74, 6) is 1.79. The van der Waals surface area contributed by atoms with E-state index in [2.05, 4.69) is 39.9 Å². The summed E-state index contributed by atoms with van der Waals surface area (Å²) in [5, 5.41) is 3.96. The van der Waals surface area contributed by atoms with Gasteiger partial charge in [0.15, 0.2) is 0 Å². The predicted octanol–water partition coefficient (Wildman–Crippen LogP) is 5.01. The van der Waals surface area contributed by atoms with Crippen LogP contribution in [0.2, 0.25) is 0 Å². The van der Waals surface area contributed by atoms with Gasteiger partial charge in [0.05, 0.1) is 0 Å². The highest BCUT2D eigenvalue weighted by Gasteiger charge is 2.62. The van der Waals surface area contributed by atoms with Crippen LogP contribution in [0.4, 0.5) is 0 Å². The van der Waals surface area contributed by atoms with Gasteiger partial charge in [-0.1, -0.05) is 34.6 Å². The van der Waals surface area contributed by atoms with Crippen molar-refractivity contribution in [1.82, 2.24) is 5.32 Å². The molecule has 0 saturated heterocycles. The molecule has 0 aromatic heterocycles. The molecular formula is C19H35N. The highest BCUT2D eigenvalue weighted by atomic mass is 14.9. The molecule has 3 atom stereocenters. The van der Waals surface area contributed by atoms with Crippen LogP contribution < -0.4 is 5.32 Å². The van der Waals surface area contributed by atoms with Gasteiger partial charge < -0.3 is 5.32 Å². The van der Waals surface area contributed by atoms with Crippen LogP contribution in [0.3, 0.4) is 0 Å². The third kappa shape index (κ3) is 2.34. The van der Waals surface area contributed by atoms with E-state index in [4.69, 9.17) is 0 Å². The Balaban J connectivity index is 1.90. The molecule has 1 N–H and O–H groups in total. The van der Waals surface area contributed by atoms with Gasteiger partial charge in [-0.05, 0) is 79.6 Å². The van der Waals surface area contributed by atoms with Crippen molar-refractivity contribution in [1.29, 1.82) is 0 Å². The molecule has 3 unspecified atom stereocenters. The van der Waals surface area contributed by atoms with E-state index in [0.717, 1.165) is 17.9 Å². The lowest BCUT2D eigenvalue weighted by Gasteiger charge is -2.67. The largest absolute Gasteiger partial charge is 0.313 e. The first kappa shape index (κ1) is 14.9. The van der Waals surface area contributed by atoms with E-state index in [-0.39, 0.29) is 0 Å². The zero-order valence-electron chi connectivity index (χ0n) is 14.4. The summed E-state index contributed by atoms with van der Waals surface area (Å²) in [6, 6.07) is 0.740. The van der Waals surface area contributed by atoms with Crippen molar-refractivity contribution in [2.24, 2.45) is 28.1 Å². The van der Waals surface area contributed by atoms with Crippen molar-refractivity contribution in [3.8, 4) is 0 Å². The third-order valence-electron chi connectivity index (χ3n) is 6.61. The first-order valence-electron chi connectivity index (χ1n) is 9.03. The van der Waals surface area contributed by atoms with Crippen LogP contribution in [-0.4, -0.2) is 12.6 Å². The molecule has 0 aliphatic heterocycles. The Labute approximate surface area is 126 Å². The van der Waals surface area contributed by atoms with Crippen molar-refractivity contribution < 1.29 is 0 Å². The Hall–Kier alpha value is -0.0400. The smallest absolute Gasteiger partial charge is 0.0147 e. The van der Waals surface area contributed by atoms with E-state index in [1.54, 1.807) is 0 Å². The fourth-order valence-corrected chi connectivity index (χ4v) is 7.34. The van der Waals surface area contributed by atoms with E-state index in [1.165, 1.54) is 51.5 Å². The van der Waals surface area contributed by atoms with E-state index in [9.17, 15) is 0 Å². The Bertz CT molecular complexity index is 354. The van der Waals surface area contributed by atoms with E-state index in [1.807, 2.05) is 0 Å². The summed E-state index contributed by atoms with van der Waals surface area (Å²) in [6.45, 7) is 13.6. The molecule has 116 valence electrons. The molecule has 0 radical (unpaired) electrons. The minimum absolute atomic E-state index is 0.603. The Morgan fingerprint density at radius 2 is 1.60 bits per heavy atom. The monoisotopic (exact) mass is 277 g/mol. The standard InChI is InChI=1S/C19H35N/c1-6-7-20-16(14(2)3)19-10-15-8-17(4,12-19)11-18(5,9-15)13-19/h14-16,20H,6-13H2,1-5H3. The normalized spacial score (nSPS) is 48.0. The van der Waals surface area contributed by atoms with Gasteiger partial charge in [0.1, 0.15) is 0 Å². The van der Waals surface area contributed by atoms with Crippen LogP contribution in [0.5, 0.6) is 0 Å². The van der Waals surface area contributed by atoms with Gasteiger partial charge in [0.25, 0.3) is 0 Å². The molecule has 4 saturated carbocycles. The SMILES string of the molecule is CCCNC(C(C)C)C12CC3CC(C)(CC(C)(C3)C1)C2. The van der Waals surface area contributed by atoms with Crippen molar-refractivity contribution in [3.63, 3.8) is 0 Å². The van der Waals surface area contributed by atoms with Crippen LogP contribution in [0.1, 0.15) is 79.6 Å². The van der Waals surface area contributed by atoms with Gasteiger partial charge in [0, 0.05) is 6.04 Å². The molecule has 0 spiro atoms. The van der Waals surface area contributed by atoms with Crippen LogP contribution in [0.15, 0.2) is 0 Å². The van der Waals surface area contributed by atoms with Gasteiger partial charge in [-0.25, -0.2) is 0 Å². The molecule has 20 heavy (non-hydrogen) atoms. The average molecular weight is 277 g/mol. The third-order valence-corrected chi connectivity index (χ3v) is 6.61. The number of rotatable bonds is 5. The fourth-order valence-electron chi connectivity index (χ4n) is 7.34. The minimum atomic E-state index is 0.603. The second kappa shape index (κ2) is 4.73.